The van der Waals surface area contributed by atoms with Crippen LogP contribution in [0.2, 0.25) is 0 Å². The van der Waals surface area contributed by atoms with E-state index in [1.165, 1.54) is 32.1 Å². The van der Waals surface area contributed by atoms with Crippen LogP contribution < -0.4 is 5.73 Å². The summed E-state index contributed by atoms with van der Waals surface area (Å²) >= 11 is 0. The average Bonchev–Trinajstić information content (AvgIpc) is 2.20. The summed E-state index contributed by atoms with van der Waals surface area (Å²) in [6.07, 6.45) is 8.26. The number of rotatable bonds is 1. The number of hydrogen-bond acceptors (Lipinski definition) is 2. The third-order valence-electron chi connectivity index (χ3n) is 4.63. The average molecular weight is 211 g/mol. The topological polar surface area (TPSA) is 46.2 Å². The highest BCUT2D eigenvalue weighted by Crippen LogP contribution is 2.40. The molecule has 0 aliphatic heterocycles. The Morgan fingerprint density at radius 1 is 1.00 bits per heavy atom. The zero-order chi connectivity index (χ0) is 10.8. The number of aliphatic hydroxyl groups is 1. The van der Waals surface area contributed by atoms with Crippen molar-refractivity contribution in [2.24, 2.45) is 23.5 Å². The highest BCUT2D eigenvalue weighted by atomic mass is 16.3. The Bertz CT molecular complexity index is 189. The summed E-state index contributed by atoms with van der Waals surface area (Å²) in [5, 5.41) is 9.53. The van der Waals surface area contributed by atoms with E-state index < -0.39 is 0 Å². The Balaban J connectivity index is 1.95. The van der Waals surface area contributed by atoms with Crippen LogP contribution in [-0.4, -0.2) is 17.3 Å². The number of hydrogen-bond donors (Lipinski definition) is 2. The predicted octanol–water partition coefficient (Wildman–Crippen LogP) is 2.30. The Morgan fingerprint density at radius 3 is 2.27 bits per heavy atom. The minimum atomic E-state index is -0.0311. The second-order valence-corrected chi connectivity index (χ2v) is 5.72. The van der Waals surface area contributed by atoms with Crippen LogP contribution in [0.1, 0.15) is 51.9 Å². The van der Waals surface area contributed by atoms with Gasteiger partial charge in [-0.3, -0.25) is 0 Å². The Morgan fingerprint density at radius 2 is 1.67 bits per heavy atom. The first-order valence-electron chi connectivity index (χ1n) is 6.62. The summed E-state index contributed by atoms with van der Waals surface area (Å²) in [5.41, 5.74) is 6.27. The standard InChI is InChI=1S/C13H25NO/c1-9-3-2-4-12(14)13(9)10-5-7-11(15)8-6-10/h9-13,15H,2-8,14H2,1H3. The zero-order valence-corrected chi connectivity index (χ0v) is 9.86. The van der Waals surface area contributed by atoms with E-state index >= 15 is 0 Å². The first-order chi connectivity index (χ1) is 7.18. The molecule has 0 radical (unpaired) electrons. The van der Waals surface area contributed by atoms with E-state index in [2.05, 4.69) is 6.92 Å². The van der Waals surface area contributed by atoms with Gasteiger partial charge in [0, 0.05) is 6.04 Å². The molecular weight excluding hydrogens is 186 g/mol. The van der Waals surface area contributed by atoms with E-state index in [1.807, 2.05) is 0 Å². The van der Waals surface area contributed by atoms with Gasteiger partial charge in [0.05, 0.1) is 6.10 Å². The van der Waals surface area contributed by atoms with Crippen molar-refractivity contribution in [3.63, 3.8) is 0 Å². The van der Waals surface area contributed by atoms with E-state index in [4.69, 9.17) is 5.73 Å². The van der Waals surface area contributed by atoms with E-state index in [9.17, 15) is 5.11 Å². The molecule has 0 aromatic carbocycles. The SMILES string of the molecule is CC1CCCC(N)C1C1CCC(O)CC1. The molecule has 2 aliphatic rings. The molecule has 0 aromatic heterocycles. The van der Waals surface area contributed by atoms with E-state index in [0.717, 1.165) is 30.6 Å². The summed E-state index contributed by atoms with van der Waals surface area (Å²) in [7, 11) is 0. The van der Waals surface area contributed by atoms with Gasteiger partial charge in [0.1, 0.15) is 0 Å². The molecule has 0 saturated heterocycles. The molecular formula is C13H25NO. The quantitative estimate of drug-likeness (QED) is 0.699. The molecule has 3 unspecified atom stereocenters. The van der Waals surface area contributed by atoms with Gasteiger partial charge in [-0.05, 0) is 49.9 Å². The van der Waals surface area contributed by atoms with Crippen LogP contribution in [0.25, 0.3) is 0 Å². The second kappa shape index (κ2) is 4.84. The molecule has 3 atom stereocenters. The van der Waals surface area contributed by atoms with Crippen molar-refractivity contribution >= 4 is 0 Å². The van der Waals surface area contributed by atoms with Gasteiger partial charge in [-0.1, -0.05) is 19.8 Å². The third-order valence-corrected chi connectivity index (χ3v) is 4.63. The lowest BCUT2D eigenvalue weighted by molar-refractivity contribution is 0.0575. The molecule has 0 heterocycles. The summed E-state index contributed by atoms with van der Waals surface area (Å²) < 4.78 is 0. The zero-order valence-electron chi connectivity index (χ0n) is 9.86. The summed E-state index contributed by atoms with van der Waals surface area (Å²) in [4.78, 5) is 0. The lowest BCUT2D eigenvalue weighted by Gasteiger charge is -2.42. The van der Waals surface area contributed by atoms with Gasteiger partial charge in [0.15, 0.2) is 0 Å². The Kier molecular flexibility index (Phi) is 3.68. The number of aliphatic hydroxyl groups excluding tert-OH is 1. The van der Waals surface area contributed by atoms with Crippen molar-refractivity contribution < 1.29 is 5.11 Å². The van der Waals surface area contributed by atoms with Crippen LogP contribution in [0.3, 0.4) is 0 Å². The van der Waals surface area contributed by atoms with Crippen LogP contribution in [0, 0.1) is 17.8 Å². The summed E-state index contributed by atoms with van der Waals surface area (Å²) in [6, 6.07) is 0.425. The highest BCUT2D eigenvalue weighted by Gasteiger charge is 2.36. The number of nitrogens with two attached hydrogens (primary N) is 1. The molecule has 15 heavy (non-hydrogen) atoms. The van der Waals surface area contributed by atoms with E-state index in [0.29, 0.717) is 6.04 Å². The maximum Gasteiger partial charge on any atom is 0.0540 e. The Labute approximate surface area is 93.2 Å². The minimum Gasteiger partial charge on any atom is -0.393 e. The van der Waals surface area contributed by atoms with E-state index in [1.54, 1.807) is 0 Å². The van der Waals surface area contributed by atoms with Crippen molar-refractivity contribution in [2.75, 3.05) is 0 Å². The molecule has 0 bridgehead atoms. The second-order valence-electron chi connectivity index (χ2n) is 5.72. The molecule has 3 N–H and O–H groups in total. The maximum atomic E-state index is 9.53. The van der Waals surface area contributed by atoms with Crippen molar-refractivity contribution in [3.05, 3.63) is 0 Å². The lowest BCUT2D eigenvalue weighted by atomic mass is 9.66. The van der Waals surface area contributed by atoms with Gasteiger partial charge in [0.25, 0.3) is 0 Å². The normalized spacial score (nSPS) is 47.8. The fraction of sp³-hybridized carbons (Fsp3) is 1.00. The fourth-order valence-corrected chi connectivity index (χ4v) is 3.78. The van der Waals surface area contributed by atoms with Crippen molar-refractivity contribution in [3.8, 4) is 0 Å². The maximum absolute atomic E-state index is 9.53. The van der Waals surface area contributed by atoms with Gasteiger partial charge in [-0.15, -0.1) is 0 Å². The molecule has 2 heteroatoms. The minimum absolute atomic E-state index is 0.0311. The largest absolute Gasteiger partial charge is 0.393 e. The van der Waals surface area contributed by atoms with Gasteiger partial charge < -0.3 is 10.8 Å². The van der Waals surface area contributed by atoms with Crippen LogP contribution in [0.15, 0.2) is 0 Å². The molecule has 2 aliphatic carbocycles. The van der Waals surface area contributed by atoms with Gasteiger partial charge >= 0.3 is 0 Å². The Hall–Kier alpha value is -0.0800. The lowest BCUT2D eigenvalue weighted by Crippen LogP contribution is -2.43. The van der Waals surface area contributed by atoms with Crippen LogP contribution in [-0.2, 0) is 0 Å². The predicted molar refractivity (Wildman–Crippen MR) is 62.4 cm³/mol. The molecule has 2 saturated carbocycles. The molecule has 2 rings (SSSR count). The first-order valence-corrected chi connectivity index (χ1v) is 6.62. The monoisotopic (exact) mass is 211 g/mol. The van der Waals surface area contributed by atoms with Crippen LogP contribution >= 0.6 is 0 Å². The first kappa shape index (κ1) is 11.4. The van der Waals surface area contributed by atoms with Gasteiger partial charge in [-0.25, -0.2) is 0 Å². The third kappa shape index (κ3) is 2.54. The van der Waals surface area contributed by atoms with Crippen molar-refractivity contribution in [1.29, 1.82) is 0 Å². The highest BCUT2D eigenvalue weighted by molar-refractivity contribution is 4.89. The molecule has 0 spiro atoms. The molecule has 2 fully saturated rings. The fourth-order valence-electron chi connectivity index (χ4n) is 3.78. The van der Waals surface area contributed by atoms with Crippen LogP contribution in [0.5, 0.6) is 0 Å². The van der Waals surface area contributed by atoms with Crippen LogP contribution in [0.4, 0.5) is 0 Å². The molecule has 2 nitrogen and oxygen atoms in total. The smallest absolute Gasteiger partial charge is 0.0540 e. The molecule has 0 amide bonds. The van der Waals surface area contributed by atoms with Gasteiger partial charge in [-0.2, -0.15) is 0 Å². The summed E-state index contributed by atoms with van der Waals surface area (Å²) in [6.45, 7) is 2.37. The van der Waals surface area contributed by atoms with Crippen molar-refractivity contribution in [1.82, 2.24) is 0 Å². The summed E-state index contributed by atoms with van der Waals surface area (Å²) in [5.74, 6) is 2.32. The van der Waals surface area contributed by atoms with E-state index in [-0.39, 0.29) is 6.10 Å². The van der Waals surface area contributed by atoms with Gasteiger partial charge in [0.2, 0.25) is 0 Å². The molecule has 88 valence electrons. The molecule has 0 aromatic rings. The van der Waals surface area contributed by atoms with Crippen molar-refractivity contribution in [2.45, 2.75) is 64.0 Å².